The van der Waals surface area contributed by atoms with Crippen molar-refractivity contribution in [1.82, 2.24) is 14.5 Å². The van der Waals surface area contributed by atoms with Gasteiger partial charge in [-0.1, -0.05) is 0 Å². The molecule has 3 heterocycles. The second-order valence-corrected chi connectivity index (χ2v) is 4.43. The third kappa shape index (κ3) is 1.48. The average molecular weight is 250 g/mol. The summed E-state index contributed by atoms with van der Waals surface area (Å²) >= 11 is 0. The highest BCUT2D eigenvalue weighted by Gasteiger charge is 2.41. The van der Waals surface area contributed by atoms with Gasteiger partial charge in [-0.2, -0.15) is 0 Å². The maximum Gasteiger partial charge on any atom is 0.164 e. The predicted octanol–water partition coefficient (Wildman–Crippen LogP) is -0.347. The van der Waals surface area contributed by atoms with Crippen molar-refractivity contribution in [1.29, 1.82) is 0 Å². The summed E-state index contributed by atoms with van der Waals surface area (Å²) in [6, 6.07) is 1.74. The van der Waals surface area contributed by atoms with Gasteiger partial charge in [-0.05, 0) is 13.0 Å². The Morgan fingerprint density at radius 3 is 2.78 bits per heavy atom. The third-order valence-electron chi connectivity index (χ3n) is 3.27. The lowest BCUT2D eigenvalue weighted by molar-refractivity contribution is -0.0296. The van der Waals surface area contributed by atoms with Gasteiger partial charge in [-0.15, -0.1) is 0 Å². The fourth-order valence-electron chi connectivity index (χ4n) is 2.24. The summed E-state index contributed by atoms with van der Waals surface area (Å²) in [4.78, 5) is 8.10. The van der Waals surface area contributed by atoms with Gasteiger partial charge in [0, 0.05) is 6.20 Å². The van der Waals surface area contributed by atoms with Crippen LogP contribution in [0, 0.1) is 0 Å². The first-order valence-electron chi connectivity index (χ1n) is 5.68. The first-order chi connectivity index (χ1) is 8.59. The summed E-state index contributed by atoms with van der Waals surface area (Å²) < 4.78 is 7.20. The summed E-state index contributed by atoms with van der Waals surface area (Å²) in [7, 11) is 0. The van der Waals surface area contributed by atoms with E-state index in [-0.39, 0.29) is 0 Å². The summed E-state index contributed by atoms with van der Waals surface area (Å²) in [5.41, 5.74) is 6.99. The van der Waals surface area contributed by atoms with Gasteiger partial charge in [0.1, 0.15) is 17.7 Å². The van der Waals surface area contributed by atoms with Crippen molar-refractivity contribution in [3.8, 4) is 0 Å². The Labute approximate surface area is 103 Å². The highest BCUT2D eigenvalue weighted by atomic mass is 16.6. The summed E-state index contributed by atoms with van der Waals surface area (Å²) in [5.74, 6) is 0.326. The van der Waals surface area contributed by atoms with Crippen molar-refractivity contribution in [2.45, 2.75) is 31.5 Å². The number of aliphatic hydroxyl groups excluding tert-OH is 2. The number of ether oxygens (including phenoxy) is 1. The van der Waals surface area contributed by atoms with Crippen LogP contribution in [-0.2, 0) is 4.74 Å². The zero-order valence-corrected chi connectivity index (χ0v) is 9.76. The molecule has 2 aromatic heterocycles. The van der Waals surface area contributed by atoms with Gasteiger partial charge in [0.25, 0.3) is 0 Å². The molecule has 0 spiro atoms. The van der Waals surface area contributed by atoms with Crippen LogP contribution in [0.4, 0.5) is 5.82 Å². The normalized spacial score (nSPS) is 32.2. The number of aliphatic hydroxyl groups is 2. The van der Waals surface area contributed by atoms with Crippen LogP contribution in [0.1, 0.15) is 13.2 Å². The number of hydrogen-bond acceptors (Lipinski definition) is 6. The van der Waals surface area contributed by atoms with Crippen LogP contribution in [0.2, 0.25) is 0 Å². The molecule has 1 saturated heterocycles. The number of aromatic nitrogens is 3. The van der Waals surface area contributed by atoms with Gasteiger partial charge in [-0.25, -0.2) is 9.97 Å². The van der Waals surface area contributed by atoms with E-state index < -0.39 is 24.5 Å². The SMILES string of the molecule is C[C@H]1O[C@@H](n2cnc3c(N)nccc32)[C@H](O)[C@@H]1O. The van der Waals surface area contributed by atoms with Crippen LogP contribution in [-0.4, -0.2) is 43.1 Å². The predicted molar refractivity (Wildman–Crippen MR) is 63.5 cm³/mol. The molecule has 0 radical (unpaired) electrons. The van der Waals surface area contributed by atoms with Gasteiger partial charge in [-0.3, -0.25) is 0 Å². The van der Waals surface area contributed by atoms with Crippen LogP contribution in [0.5, 0.6) is 0 Å². The molecule has 0 saturated carbocycles. The fraction of sp³-hybridized carbons (Fsp3) is 0.455. The Morgan fingerprint density at radius 2 is 2.11 bits per heavy atom. The fourth-order valence-corrected chi connectivity index (χ4v) is 2.24. The molecule has 1 aliphatic rings. The number of nitrogen functional groups attached to an aromatic ring is 1. The van der Waals surface area contributed by atoms with Crippen molar-refractivity contribution in [2.75, 3.05) is 5.73 Å². The van der Waals surface area contributed by atoms with E-state index in [4.69, 9.17) is 10.5 Å². The van der Waals surface area contributed by atoms with Crippen molar-refractivity contribution < 1.29 is 14.9 Å². The molecule has 4 N–H and O–H groups in total. The van der Waals surface area contributed by atoms with E-state index >= 15 is 0 Å². The van der Waals surface area contributed by atoms with E-state index in [2.05, 4.69) is 9.97 Å². The number of imidazole rings is 1. The first kappa shape index (κ1) is 11.4. The maximum absolute atomic E-state index is 9.96. The molecular formula is C11H14N4O3. The average Bonchev–Trinajstić information content (AvgIpc) is 2.88. The summed E-state index contributed by atoms with van der Waals surface area (Å²) in [5, 5.41) is 19.7. The standard InChI is InChI=1S/C11H14N4O3/c1-5-8(16)9(17)11(18-5)15-4-14-7-6(15)2-3-13-10(7)12/h2-5,8-9,11,16-17H,1H3,(H2,12,13)/t5-,8-,9-,11-/m1/s1. The first-order valence-corrected chi connectivity index (χ1v) is 5.68. The van der Waals surface area contributed by atoms with Gasteiger partial charge < -0.3 is 25.3 Å². The largest absolute Gasteiger partial charge is 0.388 e. The highest BCUT2D eigenvalue weighted by molar-refractivity contribution is 5.84. The smallest absolute Gasteiger partial charge is 0.164 e. The van der Waals surface area contributed by atoms with Gasteiger partial charge >= 0.3 is 0 Å². The number of nitrogens with zero attached hydrogens (tertiary/aromatic N) is 3. The Balaban J connectivity index is 2.08. The van der Waals surface area contributed by atoms with Crippen LogP contribution in [0.15, 0.2) is 18.6 Å². The molecule has 0 aromatic carbocycles. The van der Waals surface area contributed by atoms with E-state index in [9.17, 15) is 10.2 Å². The Kier molecular flexibility index (Phi) is 2.47. The molecule has 0 unspecified atom stereocenters. The molecule has 7 heteroatoms. The minimum atomic E-state index is -0.994. The number of hydrogen-bond donors (Lipinski definition) is 3. The highest BCUT2D eigenvalue weighted by Crippen LogP contribution is 2.32. The molecule has 0 amide bonds. The molecule has 3 rings (SSSR count). The third-order valence-corrected chi connectivity index (χ3v) is 3.27. The van der Waals surface area contributed by atoms with Gasteiger partial charge in [0.05, 0.1) is 17.9 Å². The van der Waals surface area contributed by atoms with Crippen molar-refractivity contribution in [3.05, 3.63) is 18.6 Å². The minimum Gasteiger partial charge on any atom is -0.388 e. The number of fused-ring (bicyclic) bond motifs is 1. The van der Waals surface area contributed by atoms with Gasteiger partial charge in [0.15, 0.2) is 12.0 Å². The summed E-state index contributed by atoms with van der Waals surface area (Å²) in [6.07, 6.45) is 0.0973. The lowest BCUT2D eigenvalue weighted by atomic mass is 10.1. The maximum atomic E-state index is 9.96. The molecule has 1 aliphatic heterocycles. The quantitative estimate of drug-likeness (QED) is 0.639. The van der Waals surface area contributed by atoms with E-state index in [1.807, 2.05) is 0 Å². The molecule has 1 fully saturated rings. The number of nitrogens with two attached hydrogens (primary N) is 1. The van der Waals surface area contributed by atoms with Crippen molar-refractivity contribution in [2.24, 2.45) is 0 Å². The minimum absolute atomic E-state index is 0.326. The molecule has 2 aromatic rings. The molecule has 0 bridgehead atoms. The van der Waals surface area contributed by atoms with Crippen molar-refractivity contribution >= 4 is 16.9 Å². The van der Waals surface area contributed by atoms with E-state index in [1.54, 1.807) is 23.8 Å². The molecule has 96 valence electrons. The van der Waals surface area contributed by atoms with Gasteiger partial charge in [0.2, 0.25) is 0 Å². The molecular weight excluding hydrogens is 236 g/mol. The second-order valence-electron chi connectivity index (χ2n) is 4.43. The Hall–Kier alpha value is -1.70. The van der Waals surface area contributed by atoms with E-state index in [0.29, 0.717) is 16.9 Å². The molecule has 0 aliphatic carbocycles. The second kappa shape index (κ2) is 3.91. The Bertz CT molecular complexity index is 585. The zero-order valence-electron chi connectivity index (χ0n) is 9.76. The lowest BCUT2D eigenvalue weighted by Gasteiger charge is -2.16. The number of anilines is 1. The Morgan fingerprint density at radius 1 is 1.33 bits per heavy atom. The van der Waals surface area contributed by atoms with Crippen LogP contribution in [0.3, 0.4) is 0 Å². The lowest BCUT2D eigenvalue weighted by Crippen LogP contribution is -2.30. The van der Waals surface area contributed by atoms with Crippen LogP contribution in [0.25, 0.3) is 11.0 Å². The van der Waals surface area contributed by atoms with E-state index in [0.717, 1.165) is 0 Å². The topological polar surface area (TPSA) is 106 Å². The molecule has 18 heavy (non-hydrogen) atoms. The zero-order chi connectivity index (χ0) is 12.9. The number of pyridine rings is 1. The molecule has 7 nitrogen and oxygen atoms in total. The van der Waals surface area contributed by atoms with E-state index in [1.165, 1.54) is 6.33 Å². The molecule has 4 atom stereocenters. The number of rotatable bonds is 1. The monoisotopic (exact) mass is 250 g/mol. The van der Waals surface area contributed by atoms with Crippen molar-refractivity contribution in [3.63, 3.8) is 0 Å². The van der Waals surface area contributed by atoms with Crippen LogP contribution >= 0.6 is 0 Å². The summed E-state index contributed by atoms with van der Waals surface area (Å²) in [6.45, 7) is 1.71. The van der Waals surface area contributed by atoms with Crippen LogP contribution < -0.4 is 5.73 Å².